The standard InChI is InChI=1S/C15H18N2O3/c1-9-3-4-13-10(5-9)6-11(20-13)8-16-12-7-14(18)17(2)15(12)19/h3-5,11-12,16H,6-8H2,1-2H3. The van der Waals surface area contributed by atoms with Crippen LogP contribution in [0.4, 0.5) is 0 Å². The zero-order chi connectivity index (χ0) is 14.3. The number of likely N-dealkylation sites (N-methyl/N-ethyl adjacent to an activating group) is 1. The molecule has 2 unspecified atom stereocenters. The van der Waals surface area contributed by atoms with Gasteiger partial charge in [-0.15, -0.1) is 0 Å². The lowest BCUT2D eigenvalue weighted by Gasteiger charge is -2.15. The number of ether oxygens (including phenoxy) is 1. The lowest BCUT2D eigenvalue weighted by Crippen LogP contribution is -2.41. The second-order valence-corrected chi connectivity index (χ2v) is 5.51. The number of nitrogens with one attached hydrogen (secondary N) is 1. The molecule has 106 valence electrons. The third-order valence-electron chi connectivity index (χ3n) is 3.93. The molecule has 1 aromatic rings. The van der Waals surface area contributed by atoms with Crippen LogP contribution in [0.25, 0.3) is 0 Å². The van der Waals surface area contributed by atoms with Crippen molar-refractivity contribution in [1.29, 1.82) is 0 Å². The van der Waals surface area contributed by atoms with E-state index in [9.17, 15) is 9.59 Å². The molecule has 2 amide bonds. The van der Waals surface area contributed by atoms with Gasteiger partial charge in [-0.1, -0.05) is 17.7 Å². The van der Waals surface area contributed by atoms with Crippen molar-refractivity contribution < 1.29 is 14.3 Å². The molecule has 0 radical (unpaired) electrons. The van der Waals surface area contributed by atoms with E-state index in [1.54, 1.807) is 0 Å². The predicted octanol–water partition coefficient (Wildman–Crippen LogP) is 0.645. The van der Waals surface area contributed by atoms with E-state index in [4.69, 9.17) is 4.74 Å². The molecule has 2 aliphatic heterocycles. The number of carbonyl (C=O) groups is 2. The molecule has 0 aromatic heterocycles. The van der Waals surface area contributed by atoms with Gasteiger partial charge in [0.15, 0.2) is 0 Å². The smallest absolute Gasteiger partial charge is 0.246 e. The van der Waals surface area contributed by atoms with Gasteiger partial charge in [0.05, 0.1) is 12.5 Å². The maximum Gasteiger partial charge on any atom is 0.246 e. The molecule has 1 N–H and O–H groups in total. The number of hydrogen-bond acceptors (Lipinski definition) is 4. The van der Waals surface area contributed by atoms with Gasteiger partial charge < -0.3 is 10.1 Å². The van der Waals surface area contributed by atoms with Crippen LogP contribution in [-0.2, 0) is 16.0 Å². The molecule has 0 aliphatic carbocycles. The number of nitrogens with zero attached hydrogens (tertiary/aromatic N) is 1. The van der Waals surface area contributed by atoms with E-state index in [0.717, 1.165) is 12.2 Å². The molecule has 0 saturated carbocycles. The van der Waals surface area contributed by atoms with E-state index in [-0.39, 0.29) is 24.3 Å². The summed E-state index contributed by atoms with van der Waals surface area (Å²) in [5.74, 6) is 0.647. The molecular weight excluding hydrogens is 256 g/mol. The van der Waals surface area contributed by atoms with Gasteiger partial charge in [-0.05, 0) is 18.6 Å². The van der Waals surface area contributed by atoms with E-state index < -0.39 is 6.04 Å². The van der Waals surface area contributed by atoms with Crippen LogP contribution < -0.4 is 10.1 Å². The Balaban J connectivity index is 1.57. The summed E-state index contributed by atoms with van der Waals surface area (Å²) < 4.78 is 5.84. The van der Waals surface area contributed by atoms with Crippen LogP contribution >= 0.6 is 0 Å². The Labute approximate surface area is 117 Å². The molecule has 5 nitrogen and oxygen atoms in total. The third kappa shape index (κ3) is 2.29. The normalized spacial score (nSPS) is 25.0. The van der Waals surface area contributed by atoms with Crippen LogP contribution in [0.1, 0.15) is 17.5 Å². The highest BCUT2D eigenvalue weighted by Gasteiger charge is 2.36. The largest absolute Gasteiger partial charge is 0.488 e. The zero-order valence-corrected chi connectivity index (χ0v) is 11.7. The summed E-state index contributed by atoms with van der Waals surface area (Å²) in [5, 5.41) is 3.15. The van der Waals surface area contributed by atoms with E-state index >= 15 is 0 Å². The van der Waals surface area contributed by atoms with E-state index in [1.165, 1.54) is 23.1 Å². The first-order valence-electron chi connectivity index (χ1n) is 6.84. The molecule has 2 heterocycles. The fourth-order valence-electron chi connectivity index (χ4n) is 2.75. The van der Waals surface area contributed by atoms with Crippen molar-refractivity contribution in [1.82, 2.24) is 10.2 Å². The lowest BCUT2D eigenvalue weighted by molar-refractivity contribution is -0.137. The van der Waals surface area contributed by atoms with Crippen LogP contribution in [0.15, 0.2) is 18.2 Å². The first-order valence-corrected chi connectivity index (χ1v) is 6.84. The molecule has 0 bridgehead atoms. The van der Waals surface area contributed by atoms with Crippen LogP contribution in [0.5, 0.6) is 5.75 Å². The highest BCUT2D eigenvalue weighted by atomic mass is 16.5. The van der Waals surface area contributed by atoms with Crippen molar-refractivity contribution in [2.24, 2.45) is 0 Å². The van der Waals surface area contributed by atoms with Gasteiger partial charge in [-0.25, -0.2) is 0 Å². The van der Waals surface area contributed by atoms with Gasteiger partial charge in [0, 0.05) is 20.0 Å². The first-order chi connectivity index (χ1) is 9.54. The minimum absolute atomic E-state index is 0.0283. The summed E-state index contributed by atoms with van der Waals surface area (Å²) in [5.41, 5.74) is 2.43. The molecule has 20 heavy (non-hydrogen) atoms. The molecule has 1 fully saturated rings. The molecule has 0 spiro atoms. The Kier molecular flexibility index (Phi) is 3.22. The van der Waals surface area contributed by atoms with E-state index in [1.807, 2.05) is 12.1 Å². The van der Waals surface area contributed by atoms with Crippen molar-refractivity contribution in [2.75, 3.05) is 13.6 Å². The Morgan fingerprint density at radius 3 is 2.85 bits per heavy atom. The van der Waals surface area contributed by atoms with E-state index in [0.29, 0.717) is 6.54 Å². The zero-order valence-electron chi connectivity index (χ0n) is 11.7. The molecular formula is C15H18N2O3. The molecule has 5 heteroatoms. The summed E-state index contributed by atoms with van der Waals surface area (Å²) >= 11 is 0. The maximum atomic E-state index is 11.8. The van der Waals surface area contributed by atoms with Crippen molar-refractivity contribution >= 4 is 11.8 Å². The number of amides is 2. The van der Waals surface area contributed by atoms with Crippen molar-refractivity contribution in [2.45, 2.75) is 31.9 Å². The highest BCUT2D eigenvalue weighted by molar-refractivity contribution is 6.05. The second kappa shape index (κ2) is 4.90. The average Bonchev–Trinajstić information content (AvgIpc) is 2.92. The quantitative estimate of drug-likeness (QED) is 0.822. The fraction of sp³-hybridized carbons (Fsp3) is 0.467. The number of aryl methyl sites for hydroxylation is 1. The number of imide groups is 1. The summed E-state index contributed by atoms with van der Waals surface area (Å²) in [6.45, 7) is 2.63. The number of carbonyl (C=O) groups excluding carboxylic acids is 2. The number of benzene rings is 1. The van der Waals surface area contributed by atoms with Crippen molar-refractivity contribution in [3.63, 3.8) is 0 Å². The highest BCUT2D eigenvalue weighted by Crippen LogP contribution is 2.29. The Bertz CT molecular complexity index is 570. The van der Waals surface area contributed by atoms with Crippen LogP contribution in [0, 0.1) is 6.92 Å². The van der Waals surface area contributed by atoms with E-state index in [2.05, 4.69) is 18.3 Å². The number of fused-ring (bicyclic) bond motifs is 1. The van der Waals surface area contributed by atoms with Crippen LogP contribution in [0.2, 0.25) is 0 Å². The summed E-state index contributed by atoms with van der Waals surface area (Å²) in [6.07, 6.45) is 1.11. The second-order valence-electron chi connectivity index (χ2n) is 5.51. The Morgan fingerprint density at radius 2 is 2.15 bits per heavy atom. The number of rotatable bonds is 3. The van der Waals surface area contributed by atoms with Crippen molar-refractivity contribution in [3.05, 3.63) is 29.3 Å². The third-order valence-corrected chi connectivity index (χ3v) is 3.93. The molecule has 3 rings (SSSR count). The Morgan fingerprint density at radius 1 is 1.35 bits per heavy atom. The van der Waals surface area contributed by atoms with Crippen LogP contribution in [0.3, 0.4) is 0 Å². The summed E-state index contributed by atoms with van der Waals surface area (Å²) in [6, 6.07) is 5.75. The van der Waals surface area contributed by atoms with Gasteiger partial charge >= 0.3 is 0 Å². The minimum Gasteiger partial charge on any atom is -0.488 e. The fourth-order valence-corrected chi connectivity index (χ4v) is 2.75. The lowest BCUT2D eigenvalue weighted by atomic mass is 10.1. The van der Waals surface area contributed by atoms with Crippen molar-refractivity contribution in [3.8, 4) is 5.75 Å². The number of hydrogen-bond donors (Lipinski definition) is 1. The van der Waals surface area contributed by atoms with Gasteiger partial charge in [-0.2, -0.15) is 0 Å². The number of likely N-dealkylation sites (tertiary alicyclic amines) is 1. The van der Waals surface area contributed by atoms with Gasteiger partial charge in [0.25, 0.3) is 0 Å². The van der Waals surface area contributed by atoms with Crippen LogP contribution in [-0.4, -0.2) is 42.5 Å². The molecule has 1 saturated heterocycles. The van der Waals surface area contributed by atoms with Gasteiger partial charge in [-0.3, -0.25) is 14.5 Å². The molecule has 2 atom stereocenters. The molecule has 1 aromatic carbocycles. The van der Waals surface area contributed by atoms with Gasteiger partial charge in [0.2, 0.25) is 11.8 Å². The Hall–Kier alpha value is -1.88. The monoisotopic (exact) mass is 274 g/mol. The first kappa shape index (κ1) is 13.1. The minimum atomic E-state index is -0.401. The summed E-state index contributed by atoms with van der Waals surface area (Å²) in [7, 11) is 1.52. The average molecular weight is 274 g/mol. The SMILES string of the molecule is Cc1ccc2c(c1)CC(CNC1CC(=O)N(C)C1=O)O2. The maximum absolute atomic E-state index is 11.8. The van der Waals surface area contributed by atoms with Gasteiger partial charge in [0.1, 0.15) is 11.9 Å². The molecule has 2 aliphatic rings. The predicted molar refractivity (Wildman–Crippen MR) is 73.5 cm³/mol. The summed E-state index contributed by atoms with van der Waals surface area (Å²) in [4.78, 5) is 24.4. The topological polar surface area (TPSA) is 58.6 Å².